The normalized spacial score (nSPS) is 22.7. The second-order valence-electron chi connectivity index (χ2n) is 10.9. The van der Waals surface area contributed by atoms with Gasteiger partial charge < -0.3 is 4.57 Å². The zero-order valence-corrected chi connectivity index (χ0v) is 23.6. The van der Waals surface area contributed by atoms with E-state index in [1.807, 2.05) is 36.4 Å². The molecule has 4 aromatic carbocycles. The Kier molecular flexibility index (Phi) is 5.35. The maximum Gasteiger partial charge on any atom is 0.254 e. The molecule has 0 unspecified atom stereocenters. The third-order valence-corrected chi connectivity index (χ3v) is 9.54. The van der Waals surface area contributed by atoms with Crippen molar-refractivity contribution in [2.45, 2.75) is 18.4 Å². The molecule has 3 aliphatic carbocycles. The van der Waals surface area contributed by atoms with Crippen LogP contribution in [0.5, 0.6) is 0 Å². The average Bonchev–Trinajstić information content (AvgIpc) is 3.47. The van der Waals surface area contributed by atoms with Gasteiger partial charge in [0.05, 0.1) is 18.1 Å². The number of para-hydroxylation sites is 1. The first-order valence-electron chi connectivity index (χ1n) is 13.5. The number of rotatable bonds is 4. The number of benzene rings is 4. The molecule has 6 heteroatoms. The van der Waals surface area contributed by atoms with Crippen LogP contribution in [0, 0.1) is 15.4 Å². The Balaban J connectivity index is 1.16. The van der Waals surface area contributed by atoms with Gasteiger partial charge in [0.15, 0.2) is 0 Å². The summed E-state index contributed by atoms with van der Waals surface area (Å²) in [5.74, 6) is -1.52. The second-order valence-corrected chi connectivity index (χ2v) is 12.1. The molecule has 5 nitrogen and oxygen atoms in total. The third kappa shape index (κ3) is 3.41. The van der Waals surface area contributed by atoms with Crippen LogP contribution in [0.3, 0.4) is 0 Å². The molecule has 0 spiro atoms. The minimum Gasteiger partial charge on any atom is -0.342 e. The van der Waals surface area contributed by atoms with Crippen LogP contribution in [0.25, 0.3) is 10.9 Å². The predicted molar refractivity (Wildman–Crippen MR) is 163 cm³/mol. The van der Waals surface area contributed by atoms with Crippen molar-refractivity contribution in [2.24, 2.45) is 16.9 Å². The summed E-state index contributed by atoms with van der Waals surface area (Å²) in [4.78, 5) is 27.8. The molecule has 2 heterocycles. The summed E-state index contributed by atoms with van der Waals surface area (Å²) in [6, 6.07) is 33.2. The standard InChI is InChI=1S/C34H24IN3O2/c35-22-15-13-20(14-16-22)18-37-19-21(23-7-5-6-12-28(23)37)17-36-38-33(39)31-29-24-8-1-2-9-25(24)30(32(31)34(38)40)27-11-4-3-10-26(27)29/h1-17,19,29-32H,18H2/b36-17-/t29?,30?,31-,32-/m1/s1. The van der Waals surface area contributed by atoms with Crippen LogP contribution in [-0.4, -0.2) is 27.6 Å². The lowest BCUT2D eigenvalue weighted by molar-refractivity contribution is -0.139. The van der Waals surface area contributed by atoms with Crippen LogP contribution in [0.4, 0.5) is 0 Å². The monoisotopic (exact) mass is 633 g/mol. The van der Waals surface area contributed by atoms with Crippen LogP contribution >= 0.6 is 22.6 Å². The first kappa shape index (κ1) is 23.8. The quantitative estimate of drug-likeness (QED) is 0.129. The van der Waals surface area contributed by atoms with E-state index in [9.17, 15) is 9.59 Å². The molecule has 2 amide bonds. The van der Waals surface area contributed by atoms with E-state index in [0.29, 0.717) is 0 Å². The van der Waals surface area contributed by atoms with Gasteiger partial charge in [0, 0.05) is 44.6 Å². The molecule has 0 radical (unpaired) electrons. The number of nitrogens with zero attached hydrogens (tertiary/aromatic N) is 3. The second kappa shape index (κ2) is 8.99. The Hall–Kier alpha value is -4.04. The molecule has 2 atom stereocenters. The molecule has 1 saturated heterocycles. The molecule has 1 fully saturated rings. The fraction of sp³-hybridized carbons (Fsp3) is 0.147. The molecule has 1 aromatic heterocycles. The van der Waals surface area contributed by atoms with E-state index in [1.165, 1.54) is 9.13 Å². The van der Waals surface area contributed by atoms with E-state index in [2.05, 4.69) is 99.1 Å². The molecule has 0 N–H and O–H groups in total. The van der Waals surface area contributed by atoms with Crippen molar-refractivity contribution in [3.63, 3.8) is 0 Å². The predicted octanol–water partition coefficient (Wildman–Crippen LogP) is 6.52. The van der Waals surface area contributed by atoms with Crippen molar-refractivity contribution in [1.82, 2.24) is 9.58 Å². The molecule has 9 rings (SSSR count). The molecule has 40 heavy (non-hydrogen) atoms. The maximum absolute atomic E-state index is 13.9. The first-order valence-corrected chi connectivity index (χ1v) is 14.6. The van der Waals surface area contributed by atoms with Gasteiger partial charge in [-0.1, -0.05) is 78.9 Å². The zero-order chi connectivity index (χ0) is 27.0. The maximum atomic E-state index is 13.9. The summed E-state index contributed by atoms with van der Waals surface area (Å²) in [7, 11) is 0. The number of halogens is 1. The van der Waals surface area contributed by atoms with E-state index in [0.717, 1.165) is 50.3 Å². The van der Waals surface area contributed by atoms with Crippen molar-refractivity contribution in [3.05, 3.63) is 140 Å². The van der Waals surface area contributed by atoms with Crippen LogP contribution in [0.15, 0.2) is 108 Å². The van der Waals surface area contributed by atoms with Crippen molar-refractivity contribution < 1.29 is 9.59 Å². The van der Waals surface area contributed by atoms with Crippen molar-refractivity contribution in [1.29, 1.82) is 0 Å². The van der Waals surface area contributed by atoms with Gasteiger partial charge in [-0.3, -0.25) is 9.59 Å². The van der Waals surface area contributed by atoms with Crippen molar-refractivity contribution in [3.8, 4) is 0 Å². The number of imide groups is 1. The third-order valence-electron chi connectivity index (χ3n) is 8.82. The minimum atomic E-state index is -0.429. The fourth-order valence-electron chi connectivity index (χ4n) is 7.19. The van der Waals surface area contributed by atoms with E-state index >= 15 is 0 Å². The average molecular weight is 633 g/mol. The highest BCUT2D eigenvalue weighted by atomic mass is 127. The summed E-state index contributed by atoms with van der Waals surface area (Å²) < 4.78 is 3.39. The number of carbonyl (C=O) groups excluding carboxylic acids is 2. The molecule has 5 aromatic rings. The van der Waals surface area contributed by atoms with E-state index < -0.39 is 11.8 Å². The van der Waals surface area contributed by atoms with Crippen LogP contribution < -0.4 is 0 Å². The van der Waals surface area contributed by atoms with E-state index in [1.54, 1.807) is 6.21 Å². The van der Waals surface area contributed by atoms with Crippen molar-refractivity contribution in [2.75, 3.05) is 0 Å². The van der Waals surface area contributed by atoms with Crippen LogP contribution in [-0.2, 0) is 16.1 Å². The van der Waals surface area contributed by atoms with Gasteiger partial charge in [0.2, 0.25) is 0 Å². The molecule has 1 aliphatic heterocycles. The SMILES string of the molecule is O=C1[C@@H]2C3c4ccccc4C(c4ccccc43)[C@H]2C(=O)N1/N=C\c1cn(Cc2ccc(I)cc2)c2ccccc12. The number of hydrogen-bond donors (Lipinski definition) is 0. The number of carbonyl (C=O) groups is 2. The summed E-state index contributed by atoms with van der Waals surface area (Å²) in [5, 5.41) is 6.77. The lowest BCUT2D eigenvalue weighted by atomic mass is 9.55. The lowest BCUT2D eigenvalue weighted by Gasteiger charge is -2.45. The minimum absolute atomic E-state index is 0.130. The molecular weight excluding hydrogens is 609 g/mol. The van der Waals surface area contributed by atoms with Crippen molar-refractivity contribution >= 4 is 51.5 Å². The number of aromatic nitrogens is 1. The van der Waals surface area contributed by atoms with Gasteiger partial charge >= 0.3 is 0 Å². The highest BCUT2D eigenvalue weighted by Crippen LogP contribution is 2.60. The van der Waals surface area contributed by atoms with Gasteiger partial charge in [0.25, 0.3) is 11.8 Å². The Morgan fingerprint density at radius 3 is 1.80 bits per heavy atom. The summed E-state index contributed by atoms with van der Waals surface area (Å²) in [6.07, 6.45) is 3.74. The number of amides is 2. The largest absolute Gasteiger partial charge is 0.342 e. The highest BCUT2D eigenvalue weighted by Gasteiger charge is 2.61. The summed E-state index contributed by atoms with van der Waals surface area (Å²) >= 11 is 2.31. The molecule has 4 aliphatic rings. The number of hydrazone groups is 1. The molecule has 0 saturated carbocycles. The van der Waals surface area contributed by atoms with Gasteiger partial charge in [-0.15, -0.1) is 0 Å². The Bertz CT molecular complexity index is 1760. The van der Waals surface area contributed by atoms with E-state index in [-0.39, 0.29) is 23.7 Å². The fourth-order valence-corrected chi connectivity index (χ4v) is 7.55. The Morgan fingerprint density at radius 1 is 0.700 bits per heavy atom. The molecule has 2 bridgehead atoms. The summed E-state index contributed by atoms with van der Waals surface area (Å²) in [6.45, 7) is 0.719. The van der Waals surface area contributed by atoms with Gasteiger partial charge in [-0.2, -0.15) is 10.1 Å². The smallest absolute Gasteiger partial charge is 0.254 e. The molecule has 194 valence electrons. The topological polar surface area (TPSA) is 54.7 Å². The van der Waals surface area contributed by atoms with Crippen LogP contribution in [0.1, 0.15) is 45.2 Å². The lowest BCUT2D eigenvalue weighted by Crippen LogP contribution is -2.41. The van der Waals surface area contributed by atoms with Gasteiger partial charge in [0.1, 0.15) is 0 Å². The summed E-state index contributed by atoms with van der Waals surface area (Å²) in [5.41, 5.74) is 7.82. The molecular formula is C34H24IN3O2. The van der Waals surface area contributed by atoms with Crippen LogP contribution in [0.2, 0.25) is 0 Å². The Labute approximate surface area is 245 Å². The Morgan fingerprint density at radius 2 is 1.23 bits per heavy atom. The number of hydrogen-bond acceptors (Lipinski definition) is 3. The zero-order valence-electron chi connectivity index (χ0n) is 21.4. The first-order chi connectivity index (χ1) is 19.6. The van der Waals surface area contributed by atoms with E-state index in [4.69, 9.17) is 0 Å². The van der Waals surface area contributed by atoms with Gasteiger partial charge in [-0.25, -0.2) is 0 Å². The number of fused-ring (bicyclic) bond motifs is 1. The highest BCUT2D eigenvalue weighted by molar-refractivity contribution is 14.1. The van der Waals surface area contributed by atoms with Gasteiger partial charge in [-0.05, 0) is 68.6 Å².